The van der Waals surface area contributed by atoms with Gasteiger partial charge in [-0.3, -0.25) is 4.90 Å². The molecule has 106 valence electrons. The molecule has 0 saturated heterocycles. The van der Waals surface area contributed by atoms with Gasteiger partial charge in [-0.2, -0.15) is 0 Å². The molecule has 4 nitrogen and oxygen atoms in total. The average Bonchev–Trinajstić information content (AvgIpc) is 2.46. The van der Waals surface area contributed by atoms with Crippen LogP contribution in [0.5, 0.6) is 11.5 Å². The normalized spacial score (nSPS) is 18.0. The molecule has 1 aromatic rings. The van der Waals surface area contributed by atoms with Crippen molar-refractivity contribution in [3.8, 4) is 11.5 Å². The van der Waals surface area contributed by atoms with Gasteiger partial charge in [0.15, 0.2) is 0 Å². The van der Waals surface area contributed by atoms with Crippen molar-refractivity contribution in [3.63, 3.8) is 0 Å². The van der Waals surface area contributed by atoms with Crippen LogP contribution in [-0.4, -0.2) is 44.3 Å². The maximum atomic E-state index is 5.89. The van der Waals surface area contributed by atoms with Crippen LogP contribution in [0.3, 0.4) is 0 Å². The zero-order chi connectivity index (χ0) is 13.7. The second-order valence-electron chi connectivity index (χ2n) is 4.93. The van der Waals surface area contributed by atoms with E-state index < -0.39 is 0 Å². The fourth-order valence-electron chi connectivity index (χ4n) is 2.72. The van der Waals surface area contributed by atoms with Gasteiger partial charge in [0.1, 0.15) is 18.1 Å². The summed E-state index contributed by atoms with van der Waals surface area (Å²) < 4.78 is 11.3. The molecule has 1 heterocycles. The van der Waals surface area contributed by atoms with E-state index in [9.17, 15) is 0 Å². The molecule has 0 saturated carbocycles. The molecule has 0 aliphatic carbocycles. The quantitative estimate of drug-likeness (QED) is 0.849. The van der Waals surface area contributed by atoms with E-state index in [1.807, 2.05) is 18.2 Å². The summed E-state index contributed by atoms with van der Waals surface area (Å²) in [6.45, 7) is 5.61. The van der Waals surface area contributed by atoms with Crippen LogP contribution in [0.4, 0.5) is 0 Å². The van der Waals surface area contributed by atoms with Gasteiger partial charge in [-0.1, -0.05) is 13.0 Å². The number of nitrogens with zero attached hydrogens (tertiary/aromatic N) is 1. The molecular formula is C15H24N2O2. The molecular weight excluding hydrogens is 240 g/mol. The molecule has 0 fully saturated rings. The Morgan fingerprint density at radius 2 is 2.26 bits per heavy atom. The number of hydrogen-bond acceptors (Lipinski definition) is 4. The summed E-state index contributed by atoms with van der Waals surface area (Å²) in [5.41, 5.74) is 6.89. The van der Waals surface area contributed by atoms with Crippen LogP contribution in [0.25, 0.3) is 0 Å². The molecule has 0 aromatic heterocycles. The van der Waals surface area contributed by atoms with E-state index in [2.05, 4.69) is 11.8 Å². The summed E-state index contributed by atoms with van der Waals surface area (Å²) in [4.78, 5) is 2.43. The highest BCUT2D eigenvalue weighted by Gasteiger charge is 2.26. The van der Waals surface area contributed by atoms with Crippen molar-refractivity contribution in [3.05, 3.63) is 23.8 Å². The zero-order valence-corrected chi connectivity index (χ0v) is 11.9. The van der Waals surface area contributed by atoms with Crippen LogP contribution >= 0.6 is 0 Å². The zero-order valence-electron chi connectivity index (χ0n) is 11.9. The monoisotopic (exact) mass is 264 g/mol. The highest BCUT2D eigenvalue weighted by molar-refractivity contribution is 5.46. The first-order valence-corrected chi connectivity index (χ1v) is 7.03. The number of benzene rings is 1. The third-order valence-corrected chi connectivity index (χ3v) is 3.62. The number of ether oxygens (including phenoxy) is 2. The van der Waals surface area contributed by atoms with Crippen molar-refractivity contribution >= 4 is 0 Å². The van der Waals surface area contributed by atoms with Crippen molar-refractivity contribution < 1.29 is 9.47 Å². The Morgan fingerprint density at radius 3 is 2.95 bits per heavy atom. The first-order chi connectivity index (χ1) is 9.30. The van der Waals surface area contributed by atoms with Crippen molar-refractivity contribution in [2.24, 2.45) is 5.73 Å². The average molecular weight is 264 g/mol. The highest BCUT2D eigenvalue weighted by atomic mass is 16.5. The molecule has 0 amide bonds. The molecule has 0 radical (unpaired) electrons. The Balaban J connectivity index is 2.15. The van der Waals surface area contributed by atoms with E-state index in [0.717, 1.165) is 44.0 Å². The minimum atomic E-state index is 0.396. The van der Waals surface area contributed by atoms with E-state index in [0.29, 0.717) is 12.6 Å². The maximum Gasteiger partial charge on any atom is 0.126 e. The van der Waals surface area contributed by atoms with Gasteiger partial charge in [0.25, 0.3) is 0 Å². The van der Waals surface area contributed by atoms with Crippen LogP contribution in [0.1, 0.15) is 18.9 Å². The third kappa shape index (κ3) is 3.19. The van der Waals surface area contributed by atoms with Gasteiger partial charge in [0.05, 0.1) is 7.11 Å². The Hall–Kier alpha value is -1.26. The Morgan fingerprint density at radius 1 is 1.42 bits per heavy atom. The van der Waals surface area contributed by atoms with Crippen LogP contribution in [0.2, 0.25) is 0 Å². The summed E-state index contributed by atoms with van der Waals surface area (Å²) in [5.74, 6) is 1.88. The smallest absolute Gasteiger partial charge is 0.126 e. The number of hydrogen-bond donors (Lipinski definition) is 1. The van der Waals surface area contributed by atoms with E-state index in [4.69, 9.17) is 15.2 Å². The minimum Gasteiger partial charge on any atom is -0.496 e. The number of fused-ring (bicyclic) bond motifs is 1. The van der Waals surface area contributed by atoms with Gasteiger partial charge in [-0.05, 0) is 31.5 Å². The van der Waals surface area contributed by atoms with Crippen molar-refractivity contribution in [2.45, 2.75) is 25.8 Å². The number of rotatable bonds is 6. The van der Waals surface area contributed by atoms with E-state index in [1.165, 1.54) is 5.56 Å². The lowest BCUT2D eigenvalue weighted by Gasteiger charge is -2.35. The van der Waals surface area contributed by atoms with Crippen molar-refractivity contribution in [2.75, 3.05) is 33.4 Å². The maximum absolute atomic E-state index is 5.89. The summed E-state index contributed by atoms with van der Waals surface area (Å²) in [7, 11) is 1.71. The molecule has 1 atom stereocenters. The second-order valence-corrected chi connectivity index (χ2v) is 4.93. The summed E-state index contributed by atoms with van der Waals surface area (Å²) in [6.07, 6.45) is 2.11. The Bertz CT molecular complexity index is 389. The first-order valence-electron chi connectivity index (χ1n) is 7.03. The van der Waals surface area contributed by atoms with Crippen molar-refractivity contribution in [1.29, 1.82) is 0 Å². The van der Waals surface area contributed by atoms with Gasteiger partial charge < -0.3 is 15.2 Å². The minimum absolute atomic E-state index is 0.396. The molecule has 0 bridgehead atoms. The summed E-state index contributed by atoms with van der Waals surface area (Å²) >= 11 is 0. The largest absolute Gasteiger partial charge is 0.496 e. The van der Waals surface area contributed by atoms with E-state index in [1.54, 1.807) is 7.11 Å². The molecule has 19 heavy (non-hydrogen) atoms. The predicted molar refractivity (Wildman–Crippen MR) is 76.9 cm³/mol. The SMILES string of the molecule is CCCN(CCN)C1COc2cccc(OC)c2C1. The third-order valence-electron chi connectivity index (χ3n) is 3.62. The van der Waals surface area contributed by atoms with Crippen LogP contribution in [0.15, 0.2) is 18.2 Å². The lowest BCUT2D eigenvalue weighted by molar-refractivity contribution is 0.120. The second kappa shape index (κ2) is 6.78. The van der Waals surface area contributed by atoms with Crippen LogP contribution in [-0.2, 0) is 6.42 Å². The molecule has 0 spiro atoms. The molecule has 2 rings (SSSR count). The van der Waals surface area contributed by atoms with Crippen LogP contribution in [0, 0.1) is 0 Å². The highest BCUT2D eigenvalue weighted by Crippen LogP contribution is 2.33. The van der Waals surface area contributed by atoms with Gasteiger partial charge in [0.2, 0.25) is 0 Å². The van der Waals surface area contributed by atoms with Gasteiger partial charge in [0, 0.05) is 24.7 Å². The number of nitrogens with two attached hydrogens (primary N) is 1. The number of methoxy groups -OCH3 is 1. The molecule has 4 heteroatoms. The molecule has 1 unspecified atom stereocenters. The van der Waals surface area contributed by atoms with E-state index in [-0.39, 0.29) is 0 Å². The summed E-state index contributed by atoms with van der Waals surface area (Å²) in [6, 6.07) is 6.38. The van der Waals surface area contributed by atoms with Crippen molar-refractivity contribution in [1.82, 2.24) is 4.90 Å². The lowest BCUT2D eigenvalue weighted by Crippen LogP contribution is -2.45. The topological polar surface area (TPSA) is 47.7 Å². The molecule has 1 aliphatic heterocycles. The fourth-order valence-corrected chi connectivity index (χ4v) is 2.72. The lowest BCUT2D eigenvalue weighted by atomic mass is 10.00. The van der Waals surface area contributed by atoms with Crippen LogP contribution < -0.4 is 15.2 Å². The van der Waals surface area contributed by atoms with Gasteiger partial charge >= 0.3 is 0 Å². The Kier molecular flexibility index (Phi) is 5.05. The molecule has 1 aromatic carbocycles. The fraction of sp³-hybridized carbons (Fsp3) is 0.600. The van der Waals surface area contributed by atoms with Gasteiger partial charge in [-0.25, -0.2) is 0 Å². The predicted octanol–water partition coefficient (Wildman–Crippen LogP) is 1.67. The van der Waals surface area contributed by atoms with E-state index >= 15 is 0 Å². The van der Waals surface area contributed by atoms with Gasteiger partial charge in [-0.15, -0.1) is 0 Å². The Labute approximate surface area is 115 Å². The first kappa shape index (κ1) is 14.2. The summed E-state index contributed by atoms with van der Waals surface area (Å²) in [5, 5.41) is 0. The molecule has 1 aliphatic rings. The molecule has 2 N–H and O–H groups in total. The standard InChI is InChI=1S/C15H24N2O2/c1-3-8-17(9-7-16)12-10-13-14(18-2)5-4-6-15(13)19-11-12/h4-6,12H,3,7-11,16H2,1-2H3.